The highest BCUT2D eigenvalue weighted by atomic mass is 32.1. The molecule has 0 radical (unpaired) electrons. The fraction of sp³-hybridized carbons (Fsp3) is 0.364. The molecule has 0 saturated carbocycles. The van der Waals surface area contributed by atoms with Crippen molar-refractivity contribution in [3.8, 4) is 0 Å². The van der Waals surface area contributed by atoms with Crippen molar-refractivity contribution in [2.45, 2.75) is 12.6 Å². The first-order chi connectivity index (χ1) is 7.81. The summed E-state index contributed by atoms with van der Waals surface area (Å²) in [4.78, 5) is 1.68. The van der Waals surface area contributed by atoms with E-state index in [9.17, 15) is 13.2 Å². The molecule has 0 amide bonds. The smallest absolute Gasteiger partial charge is 0.389 e. The van der Waals surface area contributed by atoms with Gasteiger partial charge in [0.05, 0.1) is 6.42 Å². The molecule has 0 aliphatic carbocycles. The highest BCUT2D eigenvalue weighted by Crippen LogP contribution is 2.23. The number of halogens is 3. The number of rotatable bonds is 4. The number of benzene rings is 1. The molecule has 1 aromatic carbocycles. The van der Waals surface area contributed by atoms with Gasteiger partial charge in [-0.2, -0.15) is 13.2 Å². The summed E-state index contributed by atoms with van der Waals surface area (Å²) in [6.07, 6.45) is -5.03. The van der Waals surface area contributed by atoms with Gasteiger partial charge in [-0.25, -0.2) is 0 Å². The van der Waals surface area contributed by atoms with Crippen LogP contribution in [0.25, 0.3) is 0 Å². The number of anilines is 1. The van der Waals surface area contributed by atoms with Gasteiger partial charge in [-0.15, -0.1) is 0 Å². The lowest BCUT2D eigenvalue weighted by Crippen LogP contribution is -2.26. The van der Waals surface area contributed by atoms with Crippen LogP contribution in [0.5, 0.6) is 0 Å². The normalized spacial score (nSPS) is 11.3. The number of nitrogens with zero attached hydrogens (tertiary/aromatic N) is 1. The van der Waals surface area contributed by atoms with Crippen LogP contribution in [-0.4, -0.2) is 24.8 Å². The first-order valence-electron chi connectivity index (χ1n) is 4.98. The van der Waals surface area contributed by atoms with E-state index >= 15 is 0 Å². The molecule has 2 N–H and O–H groups in total. The van der Waals surface area contributed by atoms with Crippen LogP contribution in [0.3, 0.4) is 0 Å². The van der Waals surface area contributed by atoms with E-state index in [4.69, 9.17) is 18.0 Å². The lowest BCUT2D eigenvalue weighted by atomic mass is 10.1. The van der Waals surface area contributed by atoms with Crippen LogP contribution in [0.15, 0.2) is 24.3 Å². The quantitative estimate of drug-likeness (QED) is 0.846. The Morgan fingerprint density at radius 2 is 1.94 bits per heavy atom. The number of alkyl halides is 3. The van der Waals surface area contributed by atoms with Crippen molar-refractivity contribution in [2.75, 3.05) is 18.5 Å². The highest BCUT2D eigenvalue weighted by Gasteiger charge is 2.27. The van der Waals surface area contributed by atoms with E-state index < -0.39 is 12.6 Å². The van der Waals surface area contributed by atoms with Crippen molar-refractivity contribution in [2.24, 2.45) is 5.73 Å². The van der Waals surface area contributed by atoms with E-state index in [-0.39, 0.29) is 11.5 Å². The Labute approximate surface area is 103 Å². The summed E-state index contributed by atoms with van der Waals surface area (Å²) in [6.45, 7) is -0.122. The molecule has 1 aromatic rings. The molecule has 2 nitrogen and oxygen atoms in total. The Morgan fingerprint density at radius 1 is 1.35 bits per heavy atom. The molecule has 0 atom stereocenters. The lowest BCUT2D eigenvalue weighted by Gasteiger charge is -2.22. The number of hydrogen-bond donors (Lipinski definition) is 1. The summed E-state index contributed by atoms with van der Waals surface area (Å²) in [7, 11) is 1.59. The molecular formula is C11H13F3N2S. The molecule has 6 heteroatoms. The minimum atomic E-state index is -4.16. The maximum atomic E-state index is 12.1. The summed E-state index contributed by atoms with van der Waals surface area (Å²) >= 11 is 4.86. The number of nitrogens with two attached hydrogens (primary N) is 1. The molecule has 0 aromatic heterocycles. The van der Waals surface area contributed by atoms with E-state index in [2.05, 4.69) is 0 Å². The van der Waals surface area contributed by atoms with Gasteiger partial charge in [-0.05, 0) is 12.1 Å². The Morgan fingerprint density at radius 3 is 2.47 bits per heavy atom. The average Bonchev–Trinajstić information content (AvgIpc) is 2.25. The minimum Gasteiger partial charge on any atom is -0.389 e. The third-order valence-electron chi connectivity index (χ3n) is 2.31. The van der Waals surface area contributed by atoms with Crippen molar-refractivity contribution < 1.29 is 13.2 Å². The maximum absolute atomic E-state index is 12.1. The summed E-state index contributed by atoms with van der Waals surface area (Å²) in [5, 5.41) is 0. The average molecular weight is 262 g/mol. The Balaban J connectivity index is 2.82. The zero-order chi connectivity index (χ0) is 13.1. The maximum Gasteiger partial charge on any atom is 0.390 e. The zero-order valence-corrected chi connectivity index (χ0v) is 10.1. The number of para-hydroxylation sites is 1. The van der Waals surface area contributed by atoms with E-state index in [1.807, 2.05) is 0 Å². The van der Waals surface area contributed by atoms with Gasteiger partial charge in [0.25, 0.3) is 0 Å². The monoisotopic (exact) mass is 262 g/mol. The molecule has 0 aliphatic rings. The van der Waals surface area contributed by atoms with Gasteiger partial charge in [0, 0.05) is 24.8 Å². The number of thiocarbonyl (C=S) groups is 1. The van der Waals surface area contributed by atoms with E-state index in [0.717, 1.165) is 0 Å². The molecule has 0 aliphatic heterocycles. The first kappa shape index (κ1) is 13.8. The fourth-order valence-electron chi connectivity index (χ4n) is 1.43. The Bertz CT molecular complexity index is 404. The van der Waals surface area contributed by atoms with Crippen LogP contribution in [0.1, 0.15) is 12.0 Å². The molecule has 0 spiro atoms. The molecule has 0 bridgehead atoms. The summed E-state index contributed by atoms with van der Waals surface area (Å²) in [5.74, 6) is 0. The van der Waals surface area contributed by atoms with Crippen molar-refractivity contribution >= 4 is 22.9 Å². The second kappa shape index (κ2) is 5.35. The van der Waals surface area contributed by atoms with Crippen LogP contribution in [0.4, 0.5) is 18.9 Å². The molecular weight excluding hydrogens is 249 g/mol. The highest BCUT2D eigenvalue weighted by molar-refractivity contribution is 7.80. The molecule has 94 valence electrons. The van der Waals surface area contributed by atoms with Gasteiger partial charge >= 0.3 is 6.18 Å². The van der Waals surface area contributed by atoms with Gasteiger partial charge in [-0.1, -0.05) is 24.4 Å². The van der Waals surface area contributed by atoms with E-state index in [1.165, 1.54) is 4.90 Å². The van der Waals surface area contributed by atoms with Crippen LogP contribution in [0, 0.1) is 0 Å². The summed E-state index contributed by atoms with van der Waals surface area (Å²) in [6, 6.07) is 6.88. The van der Waals surface area contributed by atoms with Gasteiger partial charge < -0.3 is 10.6 Å². The molecule has 0 unspecified atom stereocenters. The van der Waals surface area contributed by atoms with Crippen LogP contribution < -0.4 is 10.6 Å². The van der Waals surface area contributed by atoms with Gasteiger partial charge in [0.1, 0.15) is 4.99 Å². The minimum absolute atomic E-state index is 0.122. The van der Waals surface area contributed by atoms with Crippen LogP contribution >= 0.6 is 12.2 Å². The second-order valence-corrected chi connectivity index (χ2v) is 4.11. The third-order valence-corrected chi connectivity index (χ3v) is 2.53. The molecule has 1 rings (SSSR count). The second-order valence-electron chi connectivity index (χ2n) is 3.67. The SMILES string of the molecule is CN(CCC(F)(F)F)c1ccccc1C(N)=S. The van der Waals surface area contributed by atoms with Gasteiger partial charge in [0.15, 0.2) is 0 Å². The first-order valence-corrected chi connectivity index (χ1v) is 5.39. The van der Waals surface area contributed by atoms with Crippen molar-refractivity contribution in [1.82, 2.24) is 0 Å². The summed E-state index contributed by atoms with van der Waals surface area (Å²) < 4.78 is 36.3. The Hall–Kier alpha value is -1.30. The van der Waals surface area contributed by atoms with Crippen molar-refractivity contribution in [1.29, 1.82) is 0 Å². The van der Waals surface area contributed by atoms with E-state index in [1.54, 1.807) is 31.3 Å². The molecule has 0 heterocycles. The molecule has 0 saturated heterocycles. The van der Waals surface area contributed by atoms with Crippen molar-refractivity contribution in [3.63, 3.8) is 0 Å². The third kappa shape index (κ3) is 4.22. The lowest BCUT2D eigenvalue weighted by molar-refractivity contribution is -0.132. The standard InChI is InChI=1S/C11H13F3N2S/c1-16(7-6-11(12,13)14)9-5-3-2-4-8(9)10(15)17/h2-5H,6-7H2,1H3,(H2,15,17). The molecule has 17 heavy (non-hydrogen) atoms. The van der Waals surface area contributed by atoms with Crippen LogP contribution in [0.2, 0.25) is 0 Å². The fourth-order valence-corrected chi connectivity index (χ4v) is 1.60. The van der Waals surface area contributed by atoms with Gasteiger partial charge in [-0.3, -0.25) is 0 Å². The van der Waals surface area contributed by atoms with E-state index in [0.29, 0.717) is 11.3 Å². The molecule has 0 fully saturated rings. The number of hydrogen-bond acceptors (Lipinski definition) is 2. The van der Waals surface area contributed by atoms with Crippen LogP contribution in [-0.2, 0) is 0 Å². The van der Waals surface area contributed by atoms with Crippen molar-refractivity contribution in [3.05, 3.63) is 29.8 Å². The Kier molecular flexibility index (Phi) is 4.34. The largest absolute Gasteiger partial charge is 0.390 e. The predicted octanol–water partition coefficient (Wildman–Crippen LogP) is 2.71. The van der Waals surface area contributed by atoms with Gasteiger partial charge in [0.2, 0.25) is 0 Å². The summed E-state index contributed by atoms with van der Waals surface area (Å²) in [5.41, 5.74) is 6.72. The zero-order valence-electron chi connectivity index (χ0n) is 9.29. The predicted molar refractivity (Wildman–Crippen MR) is 66.3 cm³/mol. The topological polar surface area (TPSA) is 29.3 Å².